The van der Waals surface area contributed by atoms with Crippen LogP contribution in [-0.4, -0.2) is 15.0 Å². The zero-order valence-corrected chi connectivity index (χ0v) is 23.6. The van der Waals surface area contributed by atoms with Gasteiger partial charge in [0.2, 0.25) is 0 Å². The number of aromatic nitrogens is 3. The van der Waals surface area contributed by atoms with E-state index in [2.05, 4.69) is 66.7 Å². The van der Waals surface area contributed by atoms with Crippen molar-refractivity contribution in [2.24, 2.45) is 0 Å². The highest BCUT2D eigenvalue weighted by Gasteiger charge is 2.21. The van der Waals surface area contributed by atoms with Crippen molar-refractivity contribution in [1.82, 2.24) is 15.0 Å². The molecule has 2 heterocycles. The van der Waals surface area contributed by atoms with E-state index in [0.717, 1.165) is 77.6 Å². The van der Waals surface area contributed by atoms with Crippen molar-refractivity contribution in [2.45, 2.75) is 0 Å². The summed E-state index contributed by atoms with van der Waals surface area (Å²) >= 11 is 0. The van der Waals surface area contributed by atoms with Crippen LogP contribution in [0.5, 0.6) is 0 Å². The molecule has 4 nitrogen and oxygen atoms in total. The van der Waals surface area contributed by atoms with Crippen LogP contribution in [0.15, 0.2) is 146 Å². The topological polar surface area (TPSA) is 62.5 Å². The number of benzene rings is 6. The molecule has 8 rings (SSSR count). The van der Waals surface area contributed by atoms with Gasteiger partial charge in [-0.3, -0.25) is 0 Å². The quantitative estimate of drug-likeness (QED) is 0.201. The average Bonchev–Trinajstić information content (AvgIpc) is 3.11. The van der Waals surface area contributed by atoms with E-state index >= 15 is 0 Å². The summed E-state index contributed by atoms with van der Waals surface area (Å²) < 4.78 is 0. The van der Waals surface area contributed by atoms with Crippen molar-refractivity contribution in [2.75, 3.05) is 0 Å². The van der Waals surface area contributed by atoms with Crippen LogP contribution >= 0.6 is 0 Å². The summed E-state index contributed by atoms with van der Waals surface area (Å²) in [6, 6.07) is 51.2. The van der Waals surface area contributed by atoms with Gasteiger partial charge in [0.05, 0.1) is 45.3 Å². The smallest absolute Gasteiger partial charge is 0.0991 e. The number of rotatable bonds is 4. The Labute approximate surface area is 254 Å². The summed E-state index contributed by atoms with van der Waals surface area (Å²) in [7, 11) is 0. The van der Waals surface area contributed by atoms with E-state index in [4.69, 9.17) is 15.0 Å². The molecule has 0 saturated carbocycles. The lowest BCUT2D eigenvalue weighted by molar-refractivity contribution is 1.30. The van der Waals surface area contributed by atoms with Crippen LogP contribution in [0.3, 0.4) is 0 Å². The number of hydrogen-bond acceptors (Lipinski definition) is 4. The van der Waals surface area contributed by atoms with Crippen molar-refractivity contribution in [3.63, 3.8) is 0 Å². The molecule has 8 aromatic rings. The second-order valence-corrected chi connectivity index (χ2v) is 10.7. The van der Waals surface area contributed by atoms with E-state index in [9.17, 15) is 5.26 Å². The van der Waals surface area contributed by atoms with E-state index in [1.807, 2.05) is 84.9 Å². The molecule has 44 heavy (non-hydrogen) atoms. The minimum absolute atomic E-state index is 0.612. The molecule has 0 atom stereocenters. The average molecular weight is 561 g/mol. The summed E-state index contributed by atoms with van der Waals surface area (Å²) in [5, 5.41) is 12.5. The van der Waals surface area contributed by atoms with Gasteiger partial charge >= 0.3 is 0 Å². The number of fused-ring (bicyclic) bond motifs is 5. The molecule has 0 aliphatic heterocycles. The van der Waals surface area contributed by atoms with Crippen LogP contribution < -0.4 is 0 Å². The van der Waals surface area contributed by atoms with Gasteiger partial charge in [-0.2, -0.15) is 5.26 Å². The van der Waals surface area contributed by atoms with Crippen LogP contribution in [0.1, 0.15) is 5.56 Å². The monoisotopic (exact) mass is 560 g/mol. The largest absolute Gasteiger partial charge is 0.247 e. The van der Waals surface area contributed by atoms with Crippen molar-refractivity contribution < 1.29 is 0 Å². The van der Waals surface area contributed by atoms with E-state index in [1.165, 1.54) is 0 Å². The number of para-hydroxylation sites is 1. The molecule has 0 aliphatic rings. The summed E-state index contributed by atoms with van der Waals surface area (Å²) in [5.41, 5.74) is 10.7. The lowest BCUT2D eigenvalue weighted by Crippen LogP contribution is -2.00. The van der Waals surface area contributed by atoms with E-state index in [1.54, 1.807) is 0 Å². The fraction of sp³-hybridized carbons (Fsp3) is 0. The molecule has 6 aromatic carbocycles. The number of nitrogens with zero attached hydrogens (tertiary/aromatic N) is 4. The minimum atomic E-state index is 0.612. The number of hydrogen-bond donors (Lipinski definition) is 0. The first-order valence-electron chi connectivity index (χ1n) is 14.5. The molecule has 0 spiro atoms. The lowest BCUT2D eigenvalue weighted by Gasteiger charge is -2.18. The third kappa shape index (κ3) is 4.27. The molecule has 0 fully saturated rings. The van der Waals surface area contributed by atoms with E-state index in [-0.39, 0.29) is 0 Å². The first-order valence-corrected chi connectivity index (χ1v) is 14.5. The predicted molar refractivity (Wildman–Crippen MR) is 179 cm³/mol. The van der Waals surface area contributed by atoms with Gasteiger partial charge in [-0.15, -0.1) is 0 Å². The highest BCUT2D eigenvalue weighted by molar-refractivity contribution is 6.23. The van der Waals surface area contributed by atoms with Crippen molar-refractivity contribution >= 4 is 32.7 Å². The van der Waals surface area contributed by atoms with Gasteiger partial charge in [0, 0.05) is 38.4 Å². The molecule has 204 valence electrons. The first-order chi connectivity index (χ1) is 21.8. The van der Waals surface area contributed by atoms with Gasteiger partial charge in [-0.25, -0.2) is 15.0 Å². The maximum absolute atomic E-state index is 9.44. The van der Waals surface area contributed by atoms with Crippen LogP contribution in [0.25, 0.3) is 77.6 Å². The standard InChI is InChI=1S/C40H24N4/c41-25-26-20-22-30(23-21-26)36-33-24-32(27-12-4-1-5-13-27)39-40(35(33)31-18-10-11-19-34(31)42-36)44-38(29-16-8-3-9-17-29)37(43-39)28-14-6-2-7-15-28/h1-24H. The molecular formula is C40H24N4. The molecule has 0 unspecified atom stereocenters. The Hall–Kier alpha value is -6.18. The Kier molecular flexibility index (Phi) is 6.14. The summed E-state index contributed by atoms with van der Waals surface area (Å²) in [5.74, 6) is 0. The van der Waals surface area contributed by atoms with Crippen molar-refractivity contribution in [1.29, 1.82) is 5.26 Å². The van der Waals surface area contributed by atoms with Gasteiger partial charge in [-0.1, -0.05) is 121 Å². The molecule has 0 radical (unpaired) electrons. The molecular weight excluding hydrogens is 536 g/mol. The fourth-order valence-corrected chi connectivity index (χ4v) is 5.99. The van der Waals surface area contributed by atoms with E-state index in [0.29, 0.717) is 5.56 Å². The molecule has 4 heteroatoms. The Balaban J connectivity index is 1.59. The van der Waals surface area contributed by atoms with Gasteiger partial charge in [-0.05, 0) is 29.8 Å². The van der Waals surface area contributed by atoms with Gasteiger partial charge in [0.25, 0.3) is 0 Å². The predicted octanol–water partition coefficient (Wildman–Crippen LogP) is 9.87. The highest BCUT2D eigenvalue weighted by atomic mass is 14.8. The second-order valence-electron chi connectivity index (χ2n) is 10.7. The zero-order valence-electron chi connectivity index (χ0n) is 23.6. The minimum Gasteiger partial charge on any atom is -0.247 e. The Morgan fingerprint density at radius 2 is 0.955 bits per heavy atom. The third-order valence-electron chi connectivity index (χ3n) is 8.07. The fourth-order valence-electron chi connectivity index (χ4n) is 5.99. The Morgan fingerprint density at radius 3 is 1.57 bits per heavy atom. The molecule has 0 aliphatic carbocycles. The van der Waals surface area contributed by atoms with Crippen LogP contribution in [0, 0.1) is 11.3 Å². The van der Waals surface area contributed by atoms with E-state index < -0.39 is 0 Å². The van der Waals surface area contributed by atoms with Gasteiger partial charge in [0.15, 0.2) is 0 Å². The maximum atomic E-state index is 9.44. The molecule has 0 saturated heterocycles. The summed E-state index contributed by atoms with van der Waals surface area (Å²) in [6.07, 6.45) is 0. The maximum Gasteiger partial charge on any atom is 0.0991 e. The third-order valence-corrected chi connectivity index (χ3v) is 8.07. The van der Waals surface area contributed by atoms with Crippen LogP contribution in [-0.2, 0) is 0 Å². The summed E-state index contributed by atoms with van der Waals surface area (Å²) in [4.78, 5) is 16.2. The molecule has 0 bridgehead atoms. The van der Waals surface area contributed by atoms with Crippen molar-refractivity contribution in [3.8, 4) is 51.0 Å². The summed E-state index contributed by atoms with van der Waals surface area (Å²) in [6.45, 7) is 0. The molecule has 0 amide bonds. The molecule has 2 aromatic heterocycles. The SMILES string of the molecule is N#Cc1ccc(-c2nc3ccccc3c3c2cc(-c2ccccc2)c2nc(-c4ccccc4)c(-c4ccccc4)nc23)cc1. The Bertz CT molecular complexity index is 2360. The number of pyridine rings is 1. The second kappa shape index (κ2) is 10.6. The number of nitriles is 1. The van der Waals surface area contributed by atoms with Gasteiger partial charge in [0.1, 0.15) is 0 Å². The zero-order chi connectivity index (χ0) is 29.5. The van der Waals surface area contributed by atoms with Crippen LogP contribution in [0.2, 0.25) is 0 Å². The lowest BCUT2D eigenvalue weighted by atomic mass is 9.93. The molecule has 0 N–H and O–H groups in total. The Morgan fingerprint density at radius 1 is 0.432 bits per heavy atom. The van der Waals surface area contributed by atoms with Crippen molar-refractivity contribution in [3.05, 3.63) is 151 Å². The highest BCUT2D eigenvalue weighted by Crippen LogP contribution is 2.42. The normalized spacial score (nSPS) is 11.2. The first kappa shape index (κ1) is 25.5. The van der Waals surface area contributed by atoms with Crippen LogP contribution in [0.4, 0.5) is 0 Å². The van der Waals surface area contributed by atoms with Gasteiger partial charge < -0.3 is 0 Å².